The van der Waals surface area contributed by atoms with E-state index in [0.29, 0.717) is 18.2 Å². The third-order valence-electron chi connectivity index (χ3n) is 2.83. The van der Waals surface area contributed by atoms with Crippen molar-refractivity contribution in [3.63, 3.8) is 0 Å². The summed E-state index contributed by atoms with van der Waals surface area (Å²) in [5.41, 5.74) is 0. The van der Waals surface area contributed by atoms with E-state index in [0.717, 1.165) is 17.2 Å². The number of benzene rings is 1. The summed E-state index contributed by atoms with van der Waals surface area (Å²) >= 11 is 1.28. The first-order valence-corrected chi connectivity index (χ1v) is 7.97. The van der Waals surface area contributed by atoms with E-state index in [1.54, 1.807) is 0 Å². The van der Waals surface area contributed by atoms with Gasteiger partial charge in [-0.3, -0.25) is 9.59 Å². The molecule has 0 atom stereocenters. The van der Waals surface area contributed by atoms with E-state index < -0.39 is 5.97 Å². The van der Waals surface area contributed by atoms with E-state index in [9.17, 15) is 9.59 Å². The van der Waals surface area contributed by atoms with Gasteiger partial charge in [0.05, 0.1) is 13.0 Å². The number of hydrogen-bond acceptors (Lipinski definition) is 6. The molecule has 2 rings (SSSR count). The average molecular weight is 335 g/mol. The van der Waals surface area contributed by atoms with Crippen LogP contribution in [-0.2, 0) is 16.0 Å². The van der Waals surface area contributed by atoms with Crippen molar-refractivity contribution in [2.45, 2.75) is 25.7 Å². The van der Waals surface area contributed by atoms with Crippen LogP contribution in [0.3, 0.4) is 0 Å². The van der Waals surface area contributed by atoms with Gasteiger partial charge in [0.25, 0.3) is 0 Å². The third-order valence-corrected chi connectivity index (χ3v) is 3.72. The Morgan fingerprint density at radius 3 is 2.70 bits per heavy atom. The predicted molar refractivity (Wildman–Crippen MR) is 85.7 cm³/mol. The quantitative estimate of drug-likeness (QED) is 0.682. The van der Waals surface area contributed by atoms with Crippen LogP contribution in [0.15, 0.2) is 30.3 Å². The number of nitrogens with one attached hydrogen (secondary N) is 1. The molecule has 0 saturated carbocycles. The molecule has 1 aromatic heterocycles. The van der Waals surface area contributed by atoms with Gasteiger partial charge < -0.3 is 15.2 Å². The number of nitrogens with zero attached hydrogens (tertiary/aromatic N) is 2. The zero-order chi connectivity index (χ0) is 16.5. The van der Waals surface area contributed by atoms with Crippen LogP contribution in [0, 0.1) is 0 Å². The minimum absolute atomic E-state index is 0.0742. The fraction of sp³-hybridized carbons (Fsp3) is 0.333. The lowest BCUT2D eigenvalue weighted by Crippen LogP contribution is -2.12. The Hall–Kier alpha value is -2.48. The number of carbonyl (C=O) groups excluding carboxylic acids is 1. The largest absolute Gasteiger partial charge is 0.494 e. The van der Waals surface area contributed by atoms with Crippen LogP contribution in [0.25, 0.3) is 0 Å². The van der Waals surface area contributed by atoms with Crippen LogP contribution in [0.4, 0.5) is 5.13 Å². The highest BCUT2D eigenvalue weighted by Gasteiger charge is 2.09. The molecule has 1 amide bonds. The van der Waals surface area contributed by atoms with E-state index in [1.807, 2.05) is 30.3 Å². The summed E-state index contributed by atoms with van der Waals surface area (Å²) in [6, 6.07) is 9.56. The van der Waals surface area contributed by atoms with E-state index in [-0.39, 0.29) is 18.7 Å². The molecule has 0 aliphatic rings. The smallest absolute Gasteiger partial charge is 0.303 e. The molecule has 2 aromatic rings. The number of aliphatic carboxylic acids is 1. The zero-order valence-electron chi connectivity index (χ0n) is 12.4. The molecule has 8 heteroatoms. The molecule has 23 heavy (non-hydrogen) atoms. The van der Waals surface area contributed by atoms with Crippen molar-refractivity contribution in [3.8, 4) is 5.75 Å². The maximum absolute atomic E-state index is 11.5. The number of carbonyl (C=O) groups is 2. The number of ether oxygens (including phenoxy) is 1. The van der Waals surface area contributed by atoms with Crippen molar-refractivity contribution in [2.75, 3.05) is 11.9 Å². The molecule has 0 aliphatic heterocycles. The lowest BCUT2D eigenvalue weighted by atomic mass is 10.3. The van der Waals surface area contributed by atoms with Gasteiger partial charge in [-0.1, -0.05) is 29.5 Å². The van der Waals surface area contributed by atoms with Gasteiger partial charge in [0.1, 0.15) is 10.8 Å². The maximum Gasteiger partial charge on any atom is 0.303 e. The highest BCUT2D eigenvalue weighted by Crippen LogP contribution is 2.17. The van der Waals surface area contributed by atoms with Crippen LogP contribution in [0.2, 0.25) is 0 Å². The topological polar surface area (TPSA) is 101 Å². The van der Waals surface area contributed by atoms with Crippen molar-refractivity contribution in [2.24, 2.45) is 0 Å². The molecule has 0 fully saturated rings. The van der Waals surface area contributed by atoms with Crippen LogP contribution in [0.1, 0.15) is 24.3 Å². The van der Waals surface area contributed by atoms with Crippen LogP contribution < -0.4 is 10.1 Å². The van der Waals surface area contributed by atoms with Gasteiger partial charge in [-0.2, -0.15) is 0 Å². The molecule has 7 nitrogen and oxygen atoms in total. The Morgan fingerprint density at radius 1 is 1.17 bits per heavy atom. The first kappa shape index (κ1) is 16.9. The first-order valence-electron chi connectivity index (χ1n) is 7.15. The van der Waals surface area contributed by atoms with Gasteiger partial charge in [-0.15, -0.1) is 10.2 Å². The van der Waals surface area contributed by atoms with E-state index >= 15 is 0 Å². The number of carboxylic acids is 1. The van der Waals surface area contributed by atoms with E-state index in [1.165, 1.54) is 11.3 Å². The fourth-order valence-corrected chi connectivity index (χ4v) is 2.54. The van der Waals surface area contributed by atoms with Crippen molar-refractivity contribution < 1.29 is 19.4 Å². The summed E-state index contributed by atoms with van der Waals surface area (Å²) in [5, 5.41) is 20.1. The Balaban J connectivity index is 1.68. The van der Waals surface area contributed by atoms with Crippen molar-refractivity contribution >= 4 is 28.3 Å². The summed E-state index contributed by atoms with van der Waals surface area (Å²) in [7, 11) is 0. The number of hydrogen-bond donors (Lipinski definition) is 2. The Kier molecular flexibility index (Phi) is 6.49. The Bertz CT molecular complexity index is 645. The van der Waals surface area contributed by atoms with Gasteiger partial charge >= 0.3 is 5.97 Å². The molecule has 0 unspecified atom stereocenters. The normalized spacial score (nSPS) is 10.3. The van der Waals surface area contributed by atoms with E-state index in [4.69, 9.17) is 9.84 Å². The van der Waals surface area contributed by atoms with Gasteiger partial charge in [-0.25, -0.2) is 0 Å². The van der Waals surface area contributed by atoms with Crippen molar-refractivity contribution in [3.05, 3.63) is 35.3 Å². The molecule has 0 bridgehead atoms. The number of aryl methyl sites for hydroxylation is 1. The summed E-state index contributed by atoms with van der Waals surface area (Å²) in [4.78, 5) is 21.9. The molecule has 0 saturated heterocycles. The number of carboxylic acid groups (broad SMARTS) is 1. The number of amides is 1. The Morgan fingerprint density at radius 2 is 1.96 bits per heavy atom. The SMILES string of the molecule is O=C(O)CCC(=O)Nc1nnc(CCCOc2ccccc2)s1. The summed E-state index contributed by atoms with van der Waals surface area (Å²) < 4.78 is 5.58. The predicted octanol–water partition coefficient (Wildman–Crippen LogP) is 2.35. The summed E-state index contributed by atoms with van der Waals surface area (Å²) in [6.07, 6.45) is 1.22. The summed E-state index contributed by atoms with van der Waals surface area (Å²) in [5.74, 6) is -0.546. The monoisotopic (exact) mass is 335 g/mol. The lowest BCUT2D eigenvalue weighted by Gasteiger charge is -2.04. The Labute approximate surface area is 137 Å². The number of anilines is 1. The minimum Gasteiger partial charge on any atom is -0.494 e. The average Bonchev–Trinajstić information content (AvgIpc) is 2.98. The number of para-hydroxylation sites is 1. The molecular formula is C15H17N3O4S. The lowest BCUT2D eigenvalue weighted by molar-refractivity contribution is -0.138. The molecule has 0 aliphatic carbocycles. The zero-order valence-corrected chi connectivity index (χ0v) is 13.2. The van der Waals surface area contributed by atoms with Gasteiger partial charge in [0.2, 0.25) is 11.0 Å². The highest BCUT2D eigenvalue weighted by molar-refractivity contribution is 7.15. The third kappa shape index (κ3) is 6.43. The number of aromatic nitrogens is 2. The molecule has 2 N–H and O–H groups in total. The second-order valence-corrected chi connectivity index (χ2v) is 5.77. The van der Waals surface area contributed by atoms with Crippen molar-refractivity contribution in [1.82, 2.24) is 10.2 Å². The van der Waals surface area contributed by atoms with Crippen LogP contribution in [0.5, 0.6) is 5.75 Å². The fourth-order valence-electron chi connectivity index (χ4n) is 1.74. The van der Waals surface area contributed by atoms with Crippen molar-refractivity contribution in [1.29, 1.82) is 0 Å². The molecule has 1 aromatic carbocycles. The van der Waals surface area contributed by atoms with Gasteiger partial charge in [0, 0.05) is 12.8 Å². The highest BCUT2D eigenvalue weighted by atomic mass is 32.1. The van der Waals surface area contributed by atoms with Gasteiger partial charge in [-0.05, 0) is 18.6 Å². The minimum atomic E-state index is -1.00. The molecule has 0 radical (unpaired) electrons. The van der Waals surface area contributed by atoms with Crippen LogP contribution >= 0.6 is 11.3 Å². The standard InChI is InChI=1S/C15H17N3O4S/c19-12(8-9-14(20)21)16-15-18-17-13(23-15)7-4-10-22-11-5-2-1-3-6-11/h1-3,5-6H,4,7-10H2,(H,20,21)(H,16,18,19). The second kappa shape index (κ2) is 8.84. The molecule has 1 heterocycles. The van der Waals surface area contributed by atoms with E-state index in [2.05, 4.69) is 15.5 Å². The molecule has 0 spiro atoms. The van der Waals surface area contributed by atoms with Gasteiger partial charge in [0.15, 0.2) is 0 Å². The number of rotatable bonds is 9. The molecular weight excluding hydrogens is 318 g/mol. The summed E-state index contributed by atoms with van der Waals surface area (Å²) in [6.45, 7) is 0.573. The maximum atomic E-state index is 11.5. The first-order chi connectivity index (χ1) is 11.1. The molecule has 122 valence electrons. The second-order valence-electron chi connectivity index (χ2n) is 4.71. The van der Waals surface area contributed by atoms with Crippen LogP contribution in [-0.4, -0.2) is 33.8 Å².